The third-order valence-electron chi connectivity index (χ3n) is 4.45. The normalized spacial score (nSPS) is 14.0. The second-order valence-corrected chi connectivity index (χ2v) is 6.28. The summed E-state index contributed by atoms with van der Waals surface area (Å²) in [6.07, 6.45) is 3.37. The SMILES string of the molecule is COc1ccc(NC(C)=O)cc1C(=O)N1CCN(C(=O)c2cc[nH]c2)CC1. The highest BCUT2D eigenvalue weighted by Gasteiger charge is 2.27. The molecule has 3 rings (SSSR count). The number of nitrogens with one attached hydrogen (secondary N) is 2. The van der Waals surface area contributed by atoms with Crippen molar-refractivity contribution in [1.82, 2.24) is 14.8 Å². The van der Waals surface area contributed by atoms with E-state index in [1.54, 1.807) is 46.5 Å². The molecule has 0 aliphatic carbocycles. The zero-order valence-corrected chi connectivity index (χ0v) is 15.3. The first-order valence-corrected chi connectivity index (χ1v) is 8.66. The summed E-state index contributed by atoms with van der Waals surface area (Å²) in [7, 11) is 1.50. The average Bonchev–Trinajstić information content (AvgIpc) is 3.21. The van der Waals surface area contributed by atoms with E-state index in [1.807, 2.05) is 0 Å². The van der Waals surface area contributed by atoms with Crippen molar-refractivity contribution in [1.29, 1.82) is 0 Å². The summed E-state index contributed by atoms with van der Waals surface area (Å²) in [5.41, 5.74) is 1.53. The monoisotopic (exact) mass is 370 g/mol. The van der Waals surface area contributed by atoms with Gasteiger partial charge in [-0.05, 0) is 24.3 Å². The smallest absolute Gasteiger partial charge is 0.257 e. The van der Waals surface area contributed by atoms with Gasteiger partial charge in [0.05, 0.1) is 18.2 Å². The van der Waals surface area contributed by atoms with Crippen molar-refractivity contribution < 1.29 is 19.1 Å². The first-order chi connectivity index (χ1) is 13.0. The maximum Gasteiger partial charge on any atom is 0.257 e. The van der Waals surface area contributed by atoms with Crippen molar-refractivity contribution in [3.05, 3.63) is 47.8 Å². The van der Waals surface area contributed by atoms with Crippen molar-refractivity contribution in [3.8, 4) is 5.75 Å². The summed E-state index contributed by atoms with van der Waals surface area (Å²) >= 11 is 0. The minimum Gasteiger partial charge on any atom is -0.496 e. The van der Waals surface area contributed by atoms with E-state index >= 15 is 0 Å². The molecular weight excluding hydrogens is 348 g/mol. The summed E-state index contributed by atoms with van der Waals surface area (Å²) in [5.74, 6) is -0.00300. The van der Waals surface area contributed by atoms with Crippen LogP contribution in [0.2, 0.25) is 0 Å². The number of carbonyl (C=O) groups is 3. The number of amides is 3. The van der Waals surface area contributed by atoms with E-state index in [2.05, 4.69) is 10.3 Å². The van der Waals surface area contributed by atoms with E-state index < -0.39 is 0 Å². The van der Waals surface area contributed by atoms with Gasteiger partial charge in [-0.2, -0.15) is 0 Å². The van der Waals surface area contributed by atoms with Crippen molar-refractivity contribution in [3.63, 3.8) is 0 Å². The molecule has 27 heavy (non-hydrogen) atoms. The molecule has 2 heterocycles. The van der Waals surface area contributed by atoms with Gasteiger partial charge in [-0.15, -0.1) is 0 Å². The highest BCUT2D eigenvalue weighted by Crippen LogP contribution is 2.25. The molecule has 1 aliphatic rings. The Balaban J connectivity index is 1.70. The Morgan fingerprint density at radius 3 is 2.26 bits per heavy atom. The molecule has 8 nitrogen and oxygen atoms in total. The van der Waals surface area contributed by atoms with Crippen molar-refractivity contribution in [2.75, 3.05) is 38.6 Å². The number of aromatic nitrogens is 1. The third kappa shape index (κ3) is 4.11. The fourth-order valence-electron chi connectivity index (χ4n) is 3.08. The number of rotatable bonds is 4. The van der Waals surface area contributed by atoms with Gasteiger partial charge in [0.2, 0.25) is 5.91 Å². The molecule has 0 bridgehead atoms. The Morgan fingerprint density at radius 1 is 1.04 bits per heavy atom. The van der Waals surface area contributed by atoms with Crippen LogP contribution in [0.15, 0.2) is 36.7 Å². The summed E-state index contributed by atoms with van der Waals surface area (Å²) in [6.45, 7) is 3.20. The lowest BCUT2D eigenvalue weighted by atomic mass is 10.1. The topological polar surface area (TPSA) is 94.7 Å². The van der Waals surface area contributed by atoms with E-state index in [4.69, 9.17) is 4.74 Å². The maximum absolute atomic E-state index is 12.9. The standard InChI is InChI=1S/C19H22N4O4/c1-13(24)21-15-3-4-17(27-2)16(11-15)19(26)23-9-7-22(8-10-23)18(25)14-5-6-20-12-14/h3-6,11-12,20H,7-10H2,1-2H3,(H,21,24). The number of carbonyl (C=O) groups excluding carboxylic acids is 3. The van der Waals surface area contributed by atoms with Crippen LogP contribution < -0.4 is 10.1 Å². The highest BCUT2D eigenvalue weighted by atomic mass is 16.5. The van der Waals surface area contributed by atoms with Gasteiger partial charge < -0.3 is 24.8 Å². The van der Waals surface area contributed by atoms with Crippen molar-refractivity contribution >= 4 is 23.4 Å². The maximum atomic E-state index is 12.9. The van der Waals surface area contributed by atoms with Crippen LogP contribution in [0.1, 0.15) is 27.6 Å². The summed E-state index contributed by atoms with van der Waals surface area (Å²) in [5, 5.41) is 2.67. The molecule has 1 aliphatic heterocycles. The molecule has 0 atom stereocenters. The quantitative estimate of drug-likeness (QED) is 0.854. The van der Waals surface area contributed by atoms with Crippen LogP contribution in [0, 0.1) is 0 Å². The largest absolute Gasteiger partial charge is 0.496 e. The number of ether oxygens (including phenoxy) is 1. The van der Waals surface area contributed by atoms with Gasteiger partial charge in [0.1, 0.15) is 5.75 Å². The molecular formula is C19H22N4O4. The molecule has 1 aromatic carbocycles. The Morgan fingerprint density at radius 2 is 1.70 bits per heavy atom. The number of benzene rings is 1. The van der Waals surface area contributed by atoms with E-state index in [1.165, 1.54) is 14.0 Å². The predicted octanol–water partition coefficient (Wildman–Crippen LogP) is 1.58. The van der Waals surface area contributed by atoms with Crippen LogP contribution in [0.25, 0.3) is 0 Å². The van der Waals surface area contributed by atoms with Gasteiger partial charge in [-0.3, -0.25) is 14.4 Å². The zero-order chi connectivity index (χ0) is 19.4. The number of aromatic amines is 1. The van der Waals surface area contributed by atoms with Crippen molar-refractivity contribution in [2.24, 2.45) is 0 Å². The van der Waals surface area contributed by atoms with Gasteiger partial charge >= 0.3 is 0 Å². The Bertz CT molecular complexity index is 839. The first kappa shape index (κ1) is 18.5. The molecule has 2 N–H and O–H groups in total. The number of methoxy groups -OCH3 is 1. The number of hydrogen-bond acceptors (Lipinski definition) is 4. The van der Waals surface area contributed by atoms with Crippen molar-refractivity contribution in [2.45, 2.75) is 6.92 Å². The average molecular weight is 370 g/mol. The molecule has 0 unspecified atom stereocenters. The van der Waals surface area contributed by atoms with E-state index in [0.29, 0.717) is 48.7 Å². The van der Waals surface area contributed by atoms with Crippen LogP contribution >= 0.6 is 0 Å². The summed E-state index contributed by atoms with van der Waals surface area (Å²) in [4.78, 5) is 42.9. The lowest BCUT2D eigenvalue weighted by Crippen LogP contribution is -2.50. The molecule has 0 saturated carbocycles. The lowest BCUT2D eigenvalue weighted by Gasteiger charge is -2.35. The molecule has 0 radical (unpaired) electrons. The molecule has 1 saturated heterocycles. The van der Waals surface area contributed by atoms with Crippen LogP contribution in [-0.4, -0.2) is 65.8 Å². The van der Waals surface area contributed by atoms with Crippen LogP contribution in [0.4, 0.5) is 5.69 Å². The summed E-state index contributed by atoms with van der Waals surface area (Å²) < 4.78 is 5.30. The minimum absolute atomic E-state index is 0.0476. The lowest BCUT2D eigenvalue weighted by molar-refractivity contribution is -0.114. The first-order valence-electron chi connectivity index (χ1n) is 8.66. The minimum atomic E-state index is -0.213. The zero-order valence-electron chi connectivity index (χ0n) is 15.3. The molecule has 1 fully saturated rings. The summed E-state index contributed by atoms with van der Waals surface area (Å²) in [6, 6.07) is 6.69. The third-order valence-corrected chi connectivity index (χ3v) is 4.45. The molecule has 8 heteroatoms. The number of H-pyrrole nitrogens is 1. The molecule has 3 amide bonds. The molecule has 1 aromatic heterocycles. The van der Waals surface area contributed by atoms with Gasteiger partial charge in [-0.25, -0.2) is 0 Å². The second-order valence-electron chi connectivity index (χ2n) is 6.28. The Kier molecular flexibility index (Phi) is 5.44. The van der Waals surface area contributed by atoms with E-state index in [-0.39, 0.29) is 17.7 Å². The molecule has 2 aromatic rings. The van der Waals surface area contributed by atoms with Gasteiger partial charge in [0.25, 0.3) is 11.8 Å². The van der Waals surface area contributed by atoms with Gasteiger partial charge in [-0.1, -0.05) is 0 Å². The van der Waals surface area contributed by atoms with Gasteiger partial charge in [0, 0.05) is 51.2 Å². The van der Waals surface area contributed by atoms with Crippen LogP contribution in [0.5, 0.6) is 5.75 Å². The Labute approximate surface area is 157 Å². The van der Waals surface area contributed by atoms with E-state index in [0.717, 1.165) is 0 Å². The Hall–Kier alpha value is -3.29. The number of piperazine rings is 1. The number of anilines is 1. The van der Waals surface area contributed by atoms with Crippen LogP contribution in [-0.2, 0) is 4.79 Å². The second kappa shape index (κ2) is 7.94. The van der Waals surface area contributed by atoms with Gasteiger partial charge in [0.15, 0.2) is 0 Å². The fourth-order valence-corrected chi connectivity index (χ4v) is 3.08. The number of nitrogens with zero attached hydrogens (tertiary/aromatic N) is 2. The predicted molar refractivity (Wildman–Crippen MR) is 99.9 cm³/mol. The number of hydrogen-bond donors (Lipinski definition) is 2. The molecule has 0 spiro atoms. The fraction of sp³-hybridized carbons (Fsp3) is 0.316. The highest BCUT2D eigenvalue weighted by molar-refractivity contribution is 5.99. The van der Waals surface area contributed by atoms with E-state index in [9.17, 15) is 14.4 Å². The van der Waals surface area contributed by atoms with Crippen LogP contribution in [0.3, 0.4) is 0 Å². The molecule has 142 valence electrons.